The van der Waals surface area contributed by atoms with E-state index >= 15 is 0 Å². The number of hydrazine groups is 1. The van der Waals surface area contributed by atoms with E-state index in [0.29, 0.717) is 13.1 Å². The molecule has 2 aliphatic rings. The van der Waals surface area contributed by atoms with Crippen LogP contribution in [0.2, 0.25) is 0 Å². The molecule has 7 nitrogen and oxygen atoms in total. The van der Waals surface area contributed by atoms with E-state index in [1.165, 1.54) is 16.7 Å². The molecule has 7 heteroatoms. The zero-order valence-electron chi connectivity index (χ0n) is 22.4. The van der Waals surface area contributed by atoms with Crippen molar-refractivity contribution in [2.45, 2.75) is 45.9 Å². The molecule has 0 unspecified atom stereocenters. The molecule has 5 rings (SSSR count). The lowest BCUT2D eigenvalue weighted by Gasteiger charge is -2.29. The zero-order valence-corrected chi connectivity index (χ0v) is 22.4. The van der Waals surface area contributed by atoms with Gasteiger partial charge in [0.25, 0.3) is 5.91 Å². The second kappa shape index (κ2) is 11.0. The number of likely N-dealkylation sites (N-methyl/N-ethyl adjacent to an activating group) is 2. The molecule has 1 aromatic heterocycles. The van der Waals surface area contributed by atoms with Crippen LogP contribution >= 0.6 is 0 Å². The Bertz CT molecular complexity index is 1270. The predicted octanol–water partition coefficient (Wildman–Crippen LogP) is 3.83. The van der Waals surface area contributed by atoms with E-state index in [-0.39, 0.29) is 11.9 Å². The Morgan fingerprint density at radius 1 is 1.14 bits per heavy atom. The van der Waals surface area contributed by atoms with Crippen LogP contribution in [0, 0.1) is 0 Å². The molecular formula is C30H38N6O. The summed E-state index contributed by atoms with van der Waals surface area (Å²) in [7, 11) is 4.11. The van der Waals surface area contributed by atoms with Crippen LogP contribution in [0.1, 0.15) is 46.5 Å². The van der Waals surface area contributed by atoms with Crippen molar-refractivity contribution in [3.63, 3.8) is 0 Å². The number of anilines is 1. The van der Waals surface area contributed by atoms with Crippen LogP contribution in [0.4, 0.5) is 5.82 Å². The molecule has 2 N–H and O–H groups in total. The Kier molecular flexibility index (Phi) is 7.55. The number of hydrogen-bond donors (Lipinski definition) is 2. The maximum absolute atomic E-state index is 14.0. The van der Waals surface area contributed by atoms with Crippen LogP contribution in [0.3, 0.4) is 0 Å². The first-order valence-electron chi connectivity index (χ1n) is 13.3. The van der Waals surface area contributed by atoms with Crippen molar-refractivity contribution >= 4 is 11.7 Å². The lowest BCUT2D eigenvalue weighted by molar-refractivity contribution is 0.0733. The van der Waals surface area contributed by atoms with Crippen molar-refractivity contribution < 1.29 is 4.79 Å². The summed E-state index contributed by atoms with van der Waals surface area (Å²) >= 11 is 0. The highest BCUT2D eigenvalue weighted by Crippen LogP contribution is 2.34. The molecular weight excluding hydrogens is 460 g/mol. The zero-order chi connectivity index (χ0) is 25.9. The molecule has 3 aromatic rings. The van der Waals surface area contributed by atoms with Crippen LogP contribution in [-0.4, -0.2) is 60.5 Å². The van der Waals surface area contributed by atoms with E-state index in [2.05, 4.69) is 90.1 Å². The molecule has 37 heavy (non-hydrogen) atoms. The highest BCUT2D eigenvalue weighted by atomic mass is 16.2. The Hall–Kier alpha value is -3.26. The van der Waals surface area contributed by atoms with E-state index in [9.17, 15) is 4.79 Å². The smallest absolute Gasteiger partial charge is 0.254 e. The number of carbonyl (C=O) groups is 1. The average molecular weight is 499 g/mol. The number of aromatic nitrogens is 1. The minimum atomic E-state index is 0.0877. The molecule has 0 saturated heterocycles. The van der Waals surface area contributed by atoms with Gasteiger partial charge in [-0.2, -0.15) is 0 Å². The number of benzene rings is 2. The first-order chi connectivity index (χ1) is 17.9. The van der Waals surface area contributed by atoms with Gasteiger partial charge in [-0.15, -0.1) is 0 Å². The lowest BCUT2D eigenvalue weighted by Crippen LogP contribution is -2.38. The van der Waals surface area contributed by atoms with Gasteiger partial charge in [0.2, 0.25) is 0 Å². The molecule has 0 saturated carbocycles. The summed E-state index contributed by atoms with van der Waals surface area (Å²) in [6.07, 6.45) is 0.890. The quantitative estimate of drug-likeness (QED) is 0.492. The van der Waals surface area contributed by atoms with Crippen LogP contribution in [0.15, 0.2) is 54.6 Å². The maximum atomic E-state index is 14.0. The highest BCUT2D eigenvalue weighted by molar-refractivity contribution is 5.98. The van der Waals surface area contributed by atoms with Crippen LogP contribution in [-0.2, 0) is 26.1 Å². The monoisotopic (exact) mass is 498 g/mol. The van der Waals surface area contributed by atoms with Crippen LogP contribution in [0.5, 0.6) is 0 Å². The molecule has 0 fully saturated rings. The normalized spacial score (nSPS) is 14.9. The van der Waals surface area contributed by atoms with Gasteiger partial charge in [-0.25, -0.2) is 10.4 Å². The maximum Gasteiger partial charge on any atom is 0.254 e. The SMILES string of the molecule is CNCCN(C)Cc1cccc(-c2cc(C(=O)N3CCc4ccccc4C3)c3c(n2)N(C(C)C)NC3)c1. The summed E-state index contributed by atoms with van der Waals surface area (Å²) in [5.74, 6) is 0.953. The number of pyridine rings is 1. The predicted molar refractivity (Wildman–Crippen MR) is 149 cm³/mol. The molecule has 194 valence electrons. The number of fused-ring (bicyclic) bond motifs is 2. The van der Waals surface area contributed by atoms with Crippen molar-refractivity contribution in [1.29, 1.82) is 0 Å². The van der Waals surface area contributed by atoms with E-state index < -0.39 is 0 Å². The second-order valence-electron chi connectivity index (χ2n) is 10.4. The van der Waals surface area contributed by atoms with Gasteiger partial charge >= 0.3 is 0 Å². The fraction of sp³-hybridized carbons (Fsp3) is 0.400. The summed E-state index contributed by atoms with van der Waals surface area (Å²) in [5, 5.41) is 5.30. The number of amides is 1. The summed E-state index contributed by atoms with van der Waals surface area (Å²) in [6, 6.07) is 19.2. The fourth-order valence-corrected chi connectivity index (χ4v) is 5.30. The Balaban J connectivity index is 1.49. The van der Waals surface area contributed by atoms with E-state index in [1.807, 2.05) is 18.0 Å². The standard InChI is InChI=1S/C30H38N6O/c1-21(2)36-29-27(18-32-36)26(30(37)35-14-12-23-9-5-6-10-25(23)20-35)17-28(33-29)24-11-7-8-22(16-24)19-34(4)15-13-31-3/h5-11,16-17,21,31-32H,12-15,18-20H2,1-4H3. The molecule has 2 aliphatic heterocycles. The number of hydrogen-bond acceptors (Lipinski definition) is 6. The van der Waals surface area contributed by atoms with Gasteiger partial charge in [0, 0.05) is 56.4 Å². The third-order valence-corrected chi connectivity index (χ3v) is 7.34. The Morgan fingerprint density at radius 3 is 2.73 bits per heavy atom. The van der Waals surface area contributed by atoms with E-state index in [1.54, 1.807) is 0 Å². The van der Waals surface area contributed by atoms with Gasteiger partial charge in [-0.1, -0.05) is 42.5 Å². The van der Waals surface area contributed by atoms with Crippen molar-refractivity contribution in [2.75, 3.05) is 38.7 Å². The topological polar surface area (TPSA) is 63.7 Å². The van der Waals surface area contributed by atoms with Gasteiger partial charge in [0.1, 0.15) is 5.82 Å². The molecule has 3 heterocycles. The van der Waals surface area contributed by atoms with Crippen LogP contribution < -0.4 is 15.8 Å². The molecule has 1 amide bonds. The summed E-state index contributed by atoms with van der Waals surface area (Å²) in [4.78, 5) is 23.4. The molecule has 0 aliphatic carbocycles. The lowest BCUT2D eigenvalue weighted by atomic mass is 9.97. The summed E-state index contributed by atoms with van der Waals surface area (Å²) < 4.78 is 0. The highest BCUT2D eigenvalue weighted by Gasteiger charge is 2.31. The van der Waals surface area contributed by atoms with E-state index in [4.69, 9.17) is 4.98 Å². The molecule has 0 spiro atoms. The number of nitrogens with zero attached hydrogens (tertiary/aromatic N) is 4. The molecule has 0 atom stereocenters. The fourth-order valence-electron chi connectivity index (χ4n) is 5.30. The number of rotatable bonds is 8. The second-order valence-corrected chi connectivity index (χ2v) is 10.4. The van der Waals surface area contributed by atoms with Crippen molar-refractivity contribution in [3.05, 3.63) is 82.4 Å². The Labute approximate surface area is 220 Å². The van der Waals surface area contributed by atoms with Crippen molar-refractivity contribution in [2.24, 2.45) is 0 Å². The summed E-state index contributed by atoms with van der Waals surface area (Å²) in [5.41, 5.74) is 10.9. The van der Waals surface area contributed by atoms with Gasteiger partial charge in [0.05, 0.1) is 11.3 Å². The summed E-state index contributed by atoms with van der Waals surface area (Å²) in [6.45, 7) is 9.07. The average Bonchev–Trinajstić information content (AvgIpc) is 3.35. The third-order valence-electron chi connectivity index (χ3n) is 7.34. The van der Waals surface area contributed by atoms with Gasteiger partial charge < -0.3 is 15.1 Å². The van der Waals surface area contributed by atoms with Crippen LogP contribution in [0.25, 0.3) is 11.3 Å². The molecule has 0 bridgehead atoms. The largest absolute Gasteiger partial charge is 0.334 e. The molecule has 0 radical (unpaired) electrons. The van der Waals surface area contributed by atoms with E-state index in [0.717, 1.165) is 60.8 Å². The minimum Gasteiger partial charge on any atom is -0.334 e. The van der Waals surface area contributed by atoms with Gasteiger partial charge in [-0.05, 0) is 63.2 Å². The van der Waals surface area contributed by atoms with Crippen molar-refractivity contribution in [3.8, 4) is 11.3 Å². The first kappa shape index (κ1) is 25.4. The van der Waals surface area contributed by atoms with Crippen molar-refractivity contribution in [1.82, 2.24) is 25.5 Å². The third kappa shape index (κ3) is 5.39. The number of carbonyl (C=O) groups excluding carboxylic acids is 1. The minimum absolute atomic E-state index is 0.0877. The first-order valence-corrected chi connectivity index (χ1v) is 13.3. The van der Waals surface area contributed by atoms with Gasteiger partial charge in [-0.3, -0.25) is 9.80 Å². The Morgan fingerprint density at radius 2 is 1.95 bits per heavy atom. The van der Waals surface area contributed by atoms with Gasteiger partial charge in [0.15, 0.2) is 0 Å². The number of nitrogens with one attached hydrogen (secondary N) is 2. The molecule has 2 aromatic carbocycles.